The molecule has 134 valence electrons. The molecule has 3 rings (SSSR count). The van der Waals surface area contributed by atoms with Crippen molar-refractivity contribution in [3.63, 3.8) is 0 Å². The molecule has 1 aliphatic carbocycles. The Bertz CT molecular complexity index is 752. The number of benzene rings is 1. The molecule has 2 N–H and O–H groups in total. The topological polar surface area (TPSA) is 57.8 Å². The Morgan fingerprint density at radius 2 is 2.04 bits per heavy atom. The Morgan fingerprint density at radius 3 is 2.84 bits per heavy atom. The maximum Gasteiger partial charge on any atom is 0.416 e. The van der Waals surface area contributed by atoms with Gasteiger partial charge in [0.25, 0.3) is 0 Å². The highest BCUT2D eigenvalue weighted by molar-refractivity contribution is 5.76. The van der Waals surface area contributed by atoms with Crippen molar-refractivity contribution in [1.29, 1.82) is 0 Å². The molecule has 0 fully saturated rings. The van der Waals surface area contributed by atoms with Crippen molar-refractivity contribution in [3.8, 4) is 0 Å². The zero-order chi connectivity index (χ0) is 17.9. The number of hydrogen-bond acceptors (Lipinski definition) is 2. The van der Waals surface area contributed by atoms with Gasteiger partial charge in [0.05, 0.1) is 11.3 Å². The lowest BCUT2D eigenvalue weighted by molar-refractivity contribution is -0.137. The standard InChI is InChI=1S/C18H20F3N3O/c19-18(20,21)13-5-3-4-12(10-13)11-22-17(25)9-8-16-14-6-1-2-7-15(14)23-24-16/h3-5,10H,1-2,6-9,11H2,(H,22,25)(H,23,24). The van der Waals surface area contributed by atoms with Gasteiger partial charge < -0.3 is 5.32 Å². The van der Waals surface area contributed by atoms with Gasteiger partial charge in [-0.15, -0.1) is 0 Å². The lowest BCUT2D eigenvalue weighted by atomic mass is 9.94. The van der Waals surface area contributed by atoms with Crippen LogP contribution in [0.15, 0.2) is 24.3 Å². The quantitative estimate of drug-likeness (QED) is 0.865. The van der Waals surface area contributed by atoms with Crippen LogP contribution in [0.4, 0.5) is 13.2 Å². The number of nitrogens with one attached hydrogen (secondary N) is 2. The number of rotatable bonds is 5. The van der Waals surface area contributed by atoms with E-state index in [-0.39, 0.29) is 18.9 Å². The summed E-state index contributed by atoms with van der Waals surface area (Å²) in [6.45, 7) is 0.0847. The number of alkyl halides is 3. The van der Waals surface area contributed by atoms with Gasteiger partial charge >= 0.3 is 6.18 Å². The molecule has 4 nitrogen and oxygen atoms in total. The fraction of sp³-hybridized carbons (Fsp3) is 0.444. The summed E-state index contributed by atoms with van der Waals surface area (Å²) >= 11 is 0. The minimum atomic E-state index is -4.38. The van der Waals surface area contributed by atoms with Gasteiger partial charge in [-0.05, 0) is 48.9 Å². The van der Waals surface area contributed by atoms with Gasteiger partial charge in [-0.1, -0.05) is 12.1 Å². The van der Waals surface area contributed by atoms with Crippen molar-refractivity contribution in [2.75, 3.05) is 0 Å². The summed E-state index contributed by atoms with van der Waals surface area (Å²) < 4.78 is 38.1. The van der Waals surface area contributed by atoms with E-state index in [2.05, 4.69) is 15.5 Å². The Morgan fingerprint density at radius 1 is 1.24 bits per heavy atom. The van der Waals surface area contributed by atoms with E-state index >= 15 is 0 Å². The van der Waals surface area contributed by atoms with Gasteiger partial charge in [0.2, 0.25) is 5.91 Å². The molecule has 0 bridgehead atoms. The molecule has 7 heteroatoms. The predicted molar refractivity (Wildman–Crippen MR) is 86.8 cm³/mol. The van der Waals surface area contributed by atoms with Crippen LogP contribution < -0.4 is 5.32 Å². The van der Waals surface area contributed by atoms with Crippen LogP contribution >= 0.6 is 0 Å². The van der Waals surface area contributed by atoms with Crippen molar-refractivity contribution in [2.24, 2.45) is 0 Å². The van der Waals surface area contributed by atoms with E-state index in [0.717, 1.165) is 43.5 Å². The van der Waals surface area contributed by atoms with Crippen molar-refractivity contribution in [1.82, 2.24) is 15.5 Å². The molecule has 2 aromatic rings. The largest absolute Gasteiger partial charge is 0.416 e. The number of nitrogens with zero attached hydrogens (tertiary/aromatic N) is 1. The SMILES string of the molecule is O=C(CCc1n[nH]c2c1CCCC2)NCc1cccc(C(F)(F)F)c1. The summed E-state index contributed by atoms with van der Waals surface area (Å²) in [6.07, 6.45) is 0.736. The summed E-state index contributed by atoms with van der Waals surface area (Å²) in [5.41, 5.74) is 3.06. The molecular formula is C18H20F3N3O. The van der Waals surface area contributed by atoms with Gasteiger partial charge in [0.1, 0.15) is 0 Å². The Kier molecular flexibility index (Phi) is 5.11. The maximum atomic E-state index is 12.7. The van der Waals surface area contributed by atoms with Gasteiger partial charge in [-0.2, -0.15) is 18.3 Å². The molecule has 1 amide bonds. The second-order valence-electron chi connectivity index (χ2n) is 6.31. The van der Waals surface area contributed by atoms with E-state index in [1.54, 1.807) is 6.07 Å². The average Bonchev–Trinajstić information content (AvgIpc) is 3.01. The van der Waals surface area contributed by atoms with Crippen LogP contribution in [0.5, 0.6) is 0 Å². The number of carbonyl (C=O) groups is 1. The molecule has 1 aromatic carbocycles. The number of aryl methyl sites for hydroxylation is 2. The van der Waals surface area contributed by atoms with E-state index in [0.29, 0.717) is 12.0 Å². The molecule has 1 aromatic heterocycles. The second-order valence-corrected chi connectivity index (χ2v) is 6.31. The zero-order valence-electron chi connectivity index (χ0n) is 13.7. The lowest BCUT2D eigenvalue weighted by Gasteiger charge is -2.11. The molecule has 0 spiro atoms. The molecule has 25 heavy (non-hydrogen) atoms. The first kappa shape index (κ1) is 17.5. The van der Waals surface area contributed by atoms with Gasteiger partial charge in [-0.3, -0.25) is 9.89 Å². The summed E-state index contributed by atoms with van der Waals surface area (Å²) in [5.74, 6) is -0.190. The van der Waals surface area contributed by atoms with Gasteiger partial charge in [0.15, 0.2) is 0 Å². The molecule has 0 aliphatic heterocycles. The van der Waals surface area contributed by atoms with Gasteiger partial charge in [0, 0.05) is 25.1 Å². The molecule has 0 saturated heterocycles. The monoisotopic (exact) mass is 351 g/mol. The second kappa shape index (κ2) is 7.29. The summed E-state index contributed by atoms with van der Waals surface area (Å²) in [7, 11) is 0. The third kappa shape index (κ3) is 4.41. The number of H-pyrrole nitrogens is 1. The van der Waals surface area contributed by atoms with Crippen LogP contribution in [0.1, 0.15) is 47.3 Å². The van der Waals surface area contributed by atoms with E-state index in [4.69, 9.17) is 0 Å². The van der Waals surface area contributed by atoms with Crippen LogP contribution in [-0.4, -0.2) is 16.1 Å². The molecule has 1 heterocycles. The number of fused-ring (bicyclic) bond motifs is 1. The van der Waals surface area contributed by atoms with E-state index in [9.17, 15) is 18.0 Å². The Balaban J connectivity index is 1.51. The minimum absolute atomic E-state index is 0.0847. The summed E-state index contributed by atoms with van der Waals surface area (Å²) in [6, 6.07) is 5.00. The van der Waals surface area contributed by atoms with Crippen molar-refractivity contribution in [3.05, 3.63) is 52.3 Å². The Labute approximate surface area is 143 Å². The average molecular weight is 351 g/mol. The third-order valence-electron chi connectivity index (χ3n) is 4.47. The maximum absolute atomic E-state index is 12.7. The first-order chi connectivity index (χ1) is 11.9. The molecule has 0 saturated carbocycles. The van der Waals surface area contributed by atoms with Crippen LogP contribution in [0.2, 0.25) is 0 Å². The smallest absolute Gasteiger partial charge is 0.352 e. The molecule has 1 aliphatic rings. The normalized spacial score (nSPS) is 14.2. The summed E-state index contributed by atoms with van der Waals surface area (Å²) in [5, 5.41) is 10.0. The Hall–Kier alpha value is -2.31. The van der Waals surface area contributed by atoms with Gasteiger partial charge in [-0.25, -0.2) is 0 Å². The lowest BCUT2D eigenvalue weighted by Crippen LogP contribution is -2.23. The van der Waals surface area contributed by atoms with Crippen molar-refractivity contribution < 1.29 is 18.0 Å². The third-order valence-corrected chi connectivity index (χ3v) is 4.47. The number of carbonyl (C=O) groups excluding carboxylic acids is 1. The first-order valence-electron chi connectivity index (χ1n) is 8.41. The van der Waals surface area contributed by atoms with E-state index in [1.807, 2.05) is 0 Å². The highest BCUT2D eigenvalue weighted by Gasteiger charge is 2.30. The van der Waals surface area contributed by atoms with Crippen LogP contribution in [-0.2, 0) is 36.8 Å². The number of halogens is 3. The predicted octanol–water partition coefficient (Wildman–Crippen LogP) is 3.56. The van der Waals surface area contributed by atoms with Crippen molar-refractivity contribution >= 4 is 5.91 Å². The fourth-order valence-corrected chi connectivity index (χ4v) is 3.13. The van der Waals surface area contributed by atoms with Crippen LogP contribution in [0.3, 0.4) is 0 Å². The molecule has 0 radical (unpaired) electrons. The zero-order valence-corrected chi connectivity index (χ0v) is 13.7. The van der Waals surface area contributed by atoms with Crippen LogP contribution in [0.25, 0.3) is 0 Å². The number of hydrogen-bond donors (Lipinski definition) is 2. The first-order valence-corrected chi connectivity index (χ1v) is 8.41. The van der Waals surface area contributed by atoms with Crippen LogP contribution in [0, 0.1) is 0 Å². The highest BCUT2D eigenvalue weighted by atomic mass is 19.4. The molecule has 0 unspecified atom stereocenters. The highest BCUT2D eigenvalue weighted by Crippen LogP contribution is 2.29. The fourth-order valence-electron chi connectivity index (χ4n) is 3.13. The number of aromatic amines is 1. The number of amides is 1. The molecule has 0 atom stereocenters. The minimum Gasteiger partial charge on any atom is -0.352 e. The van der Waals surface area contributed by atoms with Crippen molar-refractivity contribution in [2.45, 2.75) is 51.2 Å². The number of aromatic nitrogens is 2. The summed E-state index contributed by atoms with van der Waals surface area (Å²) in [4.78, 5) is 12.0. The van der Waals surface area contributed by atoms with E-state index < -0.39 is 11.7 Å². The van der Waals surface area contributed by atoms with E-state index in [1.165, 1.54) is 17.3 Å². The molecular weight excluding hydrogens is 331 g/mol.